The van der Waals surface area contributed by atoms with E-state index in [0.717, 1.165) is 51.6 Å². The molecule has 0 aromatic carbocycles. The third kappa shape index (κ3) is 10.0. The average Bonchev–Trinajstić information content (AvgIpc) is 2.55. The molecule has 0 aliphatic heterocycles. The van der Waals surface area contributed by atoms with Gasteiger partial charge in [-0.2, -0.15) is 0 Å². The third-order valence-electron chi connectivity index (χ3n) is 3.72. The van der Waals surface area contributed by atoms with Gasteiger partial charge in [0.05, 0.1) is 0 Å². The number of aryl methyl sites for hydroxylation is 1. The smallest absolute Gasteiger partial charge is 0.191 e. The molecule has 0 unspecified atom stereocenters. The van der Waals surface area contributed by atoms with Crippen LogP contribution in [0.2, 0.25) is 0 Å². The molecule has 1 heterocycles. The minimum absolute atomic E-state index is 0. The fourth-order valence-corrected chi connectivity index (χ4v) is 2.27. The van der Waals surface area contributed by atoms with Gasteiger partial charge in [-0.25, -0.2) is 0 Å². The molecule has 0 spiro atoms. The molecule has 0 fully saturated rings. The lowest BCUT2D eigenvalue weighted by Gasteiger charge is -2.18. The van der Waals surface area contributed by atoms with Crippen molar-refractivity contribution in [2.75, 3.05) is 54.0 Å². The van der Waals surface area contributed by atoms with Gasteiger partial charge in [-0.1, -0.05) is 0 Å². The van der Waals surface area contributed by atoms with Crippen molar-refractivity contribution >= 4 is 29.9 Å². The summed E-state index contributed by atoms with van der Waals surface area (Å²) in [6, 6.07) is 2.07. The summed E-state index contributed by atoms with van der Waals surface area (Å²) in [7, 11) is 5.67. The van der Waals surface area contributed by atoms with Crippen LogP contribution < -0.4 is 10.6 Å². The van der Waals surface area contributed by atoms with Crippen molar-refractivity contribution in [2.45, 2.75) is 19.8 Å². The Labute approximate surface area is 163 Å². The maximum atomic E-state index is 5.07. The van der Waals surface area contributed by atoms with E-state index in [4.69, 9.17) is 4.74 Å². The van der Waals surface area contributed by atoms with Crippen molar-refractivity contribution in [3.63, 3.8) is 0 Å². The standard InChI is InChI=1S/C17H31N5O.HI/c1-15-14-19-8-6-16(15)7-9-20-17(18-2)21-10-12-22(3)11-5-13-23-4;/h6,8,14H,5,7,9-13H2,1-4H3,(H2,18,20,21);1H. The topological polar surface area (TPSA) is 61.8 Å². The second-order valence-electron chi connectivity index (χ2n) is 5.63. The second-order valence-corrected chi connectivity index (χ2v) is 5.63. The number of guanidine groups is 1. The number of halogens is 1. The summed E-state index contributed by atoms with van der Waals surface area (Å²) in [6.45, 7) is 6.66. The number of nitrogens with one attached hydrogen (secondary N) is 2. The molecule has 2 N–H and O–H groups in total. The van der Waals surface area contributed by atoms with Crippen molar-refractivity contribution < 1.29 is 4.74 Å². The number of aromatic nitrogens is 1. The first-order chi connectivity index (χ1) is 11.2. The quantitative estimate of drug-likeness (QED) is 0.247. The molecule has 24 heavy (non-hydrogen) atoms. The predicted octanol–water partition coefficient (Wildman–Crippen LogP) is 1.68. The van der Waals surface area contributed by atoms with E-state index in [2.05, 4.69) is 45.5 Å². The van der Waals surface area contributed by atoms with E-state index in [-0.39, 0.29) is 24.0 Å². The molecule has 0 saturated carbocycles. The number of hydrogen-bond acceptors (Lipinski definition) is 4. The van der Waals surface area contributed by atoms with Gasteiger partial charge in [-0.3, -0.25) is 9.98 Å². The summed E-state index contributed by atoms with van der Waals surface area (Å²) < 4.78 is 5.07. The molecule has 0 radical (unpaired) electrons. The Balaban J connectivity index is 0.00000529. The van der Waals surface area contributed by atoms with Gasteiger partial charge in [-0.15, -0.1) is 24.0 Å². The first-order valence-corrected chi connectivity index (χ1v) is 8.19. The molecular weight excluding hydrogens is 417 g/mol. The maximum absolute atomic E-state index is 5.07. The van der Waals surface area contributed by atoms with E-state index in [9.17, 15) is 0 Å². The van der Waals surface area contributed by atoms with E-state index in [1.54, 1.807) is 14.2 Å². The highest BCUT2D eigenvalue weighted by atomic mass is 127. The Hall–Kier alpha value is -0.930. The second kappa shape index (κ2) is 14.4. The molecule has 0 aliphatic rings. The summed E-state index contributed by atoms with van der Waals surface area (Å²) in [6.07, 6.45) is 5.77. The van der Waals surface area contributed by atoms with Gasteiger partial charge in [0.15, 0.2) is 5.96 Å². The third-order valence-corrected chi connectivity index (χ3v) is 3.72. The van der Waals surface area contributed by atoms with Crippen LogP contribution in [0.1, 0.15) is 17.5 Å². The molecule has 0 amide bonds. The van der Waals surface area contributed by atoms with Crippen molar-refractivity contribution in [3.8, 4) is 0 Å². The molecule has 0 bridgehead atoms. The number of methoxy groups -OCH3 is 1. The lowest BCUT2D eigenvalue weighted by Crippen LogP contribution is -2.41. The van der Waals surface area contributed by atoms with Crippen LogP contribution in [0.5, 0.6) is 0 Å². The Morgan fingerprint density at radius 2 is 2.04 bits per heavy atom. The van der Waals surface area contributed by atoms with Crippen molar-refractivity contribution in [3.05, 3.63) is 29.6 Å². The summed E-state index contributed by atoms with van der Waals surface area (Å²) in [5.41, 5.74) is 2.55. The average molecular weight is 449 g/mol. The maximum Gasteiger partial charge on any atom is 0.191 e. The molecule has 6 nitrogen and oxygen atoms in total. The zero-order valence-electron chi connectivity index (χ0n) is 15.3. The summed E-state index contributed by atoms with van der Waals surface area (Å²) in [4.78, 5) is 10.7. The molecule has 0 atom stereocenters. The minimum atomic E-state index is 0. The molecule has 1 rings (SSSR count). The van der Waals surface area contributed by atoms with Crippen LogP contribution in [0.15, 0.2) is 23.5 Å². The number of aliphatic imine (C=N–C) groups is 1. The number of likely N-dealkylation sites (N-methyl/N-ethyl adjacent to an activating group) is 1. The SMILES string of the molecule is CN=C(NCCc1ccncc1C)NCCN(C)CCCOC.I. The van der Waals surface area contributed by atoms with Crippen LogP contribution in [0.4, 0.5) is 0 Å². The lowest BCUT2D eigenvalue weighted by molar-refractivity contribution is 0.180. The number of hydrogen-bond donors (Lipinski definition) is 2. The highest BCUT2D eigenvalue weighted by Gasteiger charge is 2.01. The van der Waals surface area contributed by atoms with Gasteiger partial charge in [-0.05, 0) is 44.0 Å². The normalized spacial score (nSPS) is 11.3. The van der Waals surface area contributed by atoms with Crippen LogP contribution in [0, 0.1) is 6.92 Å². The number of nitrogens with zero attached hydrogens (tertiary/aromatic N) is 3. The molecule has 0 aliphatic carbocycles. The number of rotatable bonds is 10. The Morgan fingerprint density at radius 3 is 2.71 bits per heavy atom. The largest absolute Gasteiger partial charge is 0.385 e. The van der Waals surface area contributed by atoms with E-state index >= 15 is 0 Å². The summed E-state index contributed by atoms with van der Waals surface area (Å²) >= 11 is 0. The Morgan fingerprint density at radius 1 is 1.29 bits per heavy atom. The molecule has 138 valence electrons. The zero-order valence-corrected chi connectivity index (χ0v) is 17.7. The van der Waals surface area contributed by atoms with Crippen LogP contribution in [-0.2, 0) is 11.2 Å². The van der Waals surface area contributed by atoms with Crippen LogP contribution >= 0.6 is 24.0 Å². The van der Waals surface area contributed by atoms with Crippen molar-refractivity contribution in [1.29, 1.82) is 0 Å². The van der Waals surface area contributed by atoms with Gasteiger partial charge in [0, 0.05) is 59.3 Å². The van der Waals surface area contributed by atoms with Gasteiger partial charge < -0.3 is 20.3 Å². The van der Waals surface area contributed by atoms with E-state index < -0.39 is 0 Å². The minimum Gasteiger partial charge on any atom is -0.385 e. The highest BCUT2D eigenvalue weighted by Crippen LogP contribution is 2.04. The molecule has 1 aromatic heterocycles. The van der Waals surface area contributed by atoms with Gasteiger partial charge in [0.2, 0.25) is 0 Å². The molecule has 1 aromatic rings. The van der Waals surface area contributed by atoms with E-state index in [1.807, 2.05) is 12.4 Å². The first kappa shape index (κ1) is 23.1. The van der Waals surface area contributed by atoms with Crippen LogP contribution in [0.25, 0.3) is 0 Å². The zero-order chi connectivity index (χ0) is 16.9. The lowest BCUT2D eigenvalue weighted by atomic mass is 10.1. The highest BCUT2D eigenvalue weighted by molar-refractivity contribution is 14.0. The Bertz CT molecular complexity index is 470. The number of pyridine rings is 1. The van der Waals surface area contributed by atoms with Gasteiger partial charge in [0.1, 0.15) is 0 Å². The summed E-state index contributed by atoms with van der Waals surface area (Å²) in [5, 5.41) is 6.70. The molecule has 7 heteroatoms. The monoisotopic (exact) mass is 449 g/mol. The van der Waals surface area contributed by atoms with Crippen molar-refractivity contribution in [1.82, 2.24) is 20.5 Å². The fourth-order valence-electron chi connectivity index (χ4n) is 2.27. The van der Waals surface area contributed by atoms with Crippen LogP contribution in [-0.4, -0.2) is 69.8 Å². The Kier molecular flexibility index (Phi) is 13.9. The summed E-state index contributed by atoms with van der Waals surface area (Å²) in [5.74, 6) is 0.849. The van der Waals surface area contributed by atoms with Gasteiger partial charge in [0.25, 0.3) is 0 Å². The van der Waals surface area contributed by atoms with E-state index in [0.29, 0.717) is 0 Å². The van der Waals surface area contributed by atoms with E-state index in [1.165, 1.54) is 11.1 Å². The fraction of sp³-hybridized carbons (Fsp3) is 0.647. The van der Waals surface area contributed by atoms with Crippen LogP contribution in [0.3, 0.4) is 0 Å². The molecular formula is C17H32IN5O. The van der Waals surface area contributed by atoms with Gasteiger partial charge >= 0.3 is 0 Å². The molecule has 0 saturated heterocycles. The first-order valence-electron chi connectivity index (χ1n) is 8.19. The predicted molar refractivity (Wildman–Crippen MR) is 111 cm³/mol. The van der Waals surface area contributed by atoms with Crippen molar-refractivity contribution in [2.24, 2.45) is 4.99 Å². The number of ether oxygens (including phenoxy) is 1.